The molecule has 4 rings (SSSR count). The van der Waals surface area contributed by atoms with E-state index < -0.39 is 5.91 Å². The van der Waals surface area contributed by atoms with Gasteiger partial charge in [-0.15, -0.1) is 0 Å². The lowest BCUT2D eigenvalue weighted by Gasteiger charge is -2.07. The number of fused-ring (bicyclic) bond motifs is 2. The number of hydrogen-bond donors (Lipinski definition) is 2. The third-order valence-electron chi connectivity index (χ3n) is 4.92. The highest BCUT2D eigenvalue weighted by Crippen LogP contribution is 2.22. The number of amides is 1. The van der Waals surface area contributed by atoms with Crippen LogP contribution in [0.4, 0.5) is 0 Å². The zero-order valence-corrected chi connectivity index (χ0v) is 16.6. The number of phenols is 1. The van der Waals surface area contributed by atoms with Crippen LogP contribution in [0.5, 0.6) is 11.5 Å². The normalized spacial score (nSPS) is 13.0. The maximum atomic E-state index is 12.5. The first-order valence-corrected chi connectivity index (χ1v) is 9.89. The average molecular weight is 406 g/mol. The molecule has 0 radical (unpaired) electrons. The van der Waals surface area contributed by atoms with Gasteiger partial charge in [-0.25, -0.2) is 10.4 Å². The van der Waals surface area contributed by atoms with Crippen molar-refractivity contribution < 1.29 is 14.6 Å². The molecule has 8 nitrogen and oxygen atoms in total. The Morgan fingerprint density at radius 3 is 3.00 bits per heavy atom. The van der Waals surface area contributed by atoms with E-state index in [4.69, 9.17) is 4.74 Å². The molecule has 1 amide bonds. The van der Waals surface area contributed by atoms with E-state index in [9.17, 15) is 14.7 Å². The first-order chi connectivity index (χ1) is 14.6. The minimum atomic E-state index is -0.432. The van der Waals surface area contributed by atoms with E-state index in [0.717, 1.165) is 25.1 Å². The molecular weight excluding hydrogens is 384 g/mol. The molecule has 0 saturated carbocycles. The van der Waals surface area contributed by atoms with Crippen LogP contribution in [0.3, 0.4) is 0 Å². The van der Waals surface area contributed by atoms with Gasteiger partial charge in [-0.1, -0.05) is 6.92 Å². The monoisotopic (exact) mass is 406 g/mol. The van der Waals surface area contributed by atoms with Crippen molar-refractivity contribution in [3.63, 3.8) is 0 Å². The van der Waals surface area contributed by atoms with E-state index in [0.29, 0.717) is 40.9 Å². The topological polar surface area (TPSA) is 106 Å². The summed E-state index contributed by atoms with van der Waals surface area (Å²) in [4.78, 5) is 29.5. The quantitative estimate of drug-likeness (QED) is 0.484. The molecule has 154 valence electrons. The van der Waals surface area contributed by atoms with E-state index in [-0.39, 0.29) is 11.3 Å². The SMILES string of the molecule is CCCOc1ccc(/C=N/NC(=O)c2ccc3c(=O)n4c(nc3c2)CCC4)c(O)c1. The second-order valence-electron chi connectivity index (χ2n) is 7.09. The Bertz CT molecular complexity index is 1200. The Hall–Kier alpha value is -3.68. The van der Waals surface area contributed by atoms with Gasteiger partial charge in [0.1, 0.15) is 17.3 Å². The van der Waals surface area contributed by atoms with E-state index >= 15 is 0 Å². The maximum Gasteiger partial charge on any atom is 0.271 e. The Kier molecular flexibility index (Phi) is 5.47. The van der Waals surface area contributed by atoms with Crippen LogP contribution < -0.4 is 15.7 Å². The molecule has 0 unspecified atom stereocenters. The molecular formula is C22H22N4O4. The van der Waals surface area contributed by atoms with E-state index in [1.165, 1.54) is 12.3 Å². The number of benzene rings is 2. The first kappa shape index (κ1) is 19.6. The minimum Gasteiger partial charge on any atom is -0.507 e. The Morgan fingerprint density at radius 2 is 2.20 bits per heavy atom. The number of phenolic OH excluding ortho intramolecular Hbond substituents is 1. The van der Waals surface area contributed by atoms with Gasteiger partial charge in [-0.3, -0.25) is 14.2 Å². The molecule has 1 aliphatic rings. The highest BCUT2D eigenvalue weighted by Gasteiger charge is 2.17. The minimum absolute atomic E-state index is 0.00541. The summed E-state index contributed by atoms with van der Waals surface area (Å²) < 4.78 is 7.15. The molecule has 2 aromatic carbocycles. The molecule has 0 fully saturated rings. The zero-order valence-electron chi connectivity index (χ0n) is 16.6. The zero-order chi connectivity index (χ0) is 21.1. The number of aryl methyl sites for hydroxylation is 1. The number of carbonyl (C=O) groups excluding carboxylic acids is 1. The molecule has 0 bridgehead atoms. The Balaban J connectivity index is 1.48. The second-order valence-corrected chi connectivity index (χ2v) is 7.09. The number of aromatic nitrogens is 2. The van der Waals surface area contributed by atoms with Gasteiger partial charge in [-0.2, -0.15) is 5.10 Å². The number of hydrogen-bond acceptors (Lipinski definition) is 6. The molecule has 0 saturated heterocycles. The van der Waals surface area contributed by atoms with Gasteiger partial charge in [0.25, 0.3) is 11.5 Å². The number of hydrazone groups is 1. The lowest BCUT2D eigenvalue weighted by molar-refractivity contribution is 0.0955. The van der Waals surface area contributed by atoms with Gasteiger partial charge in [0, 0.05) is 30.2 Å². The smallest absolute Gasteiger partial charge is 0.271 e. The van der Waals surface area contributed by atoms with E-state index in [1.807, 2.05) is 6.92 Å². The molecule has 30 heavy (non-hydrogen) atoms. The van der Waals surface area contributed by atoms with Crippen molar-refractivity contribution in [1.82, 2.24) is 15.0 Å². The molecule has 0 spiro atoms. The first-order valence-electron chi connectivity index (χ1n) is 9.89. The van der Waals surface area contributed by atoms with Crippen molar-refractivity contribution in [2.75, 3.05) is 6.61 Å². The van der Waals surface area contributed by atoms with Crippen LogP contribution >= 0.6 is 0 Å². The third-order valence-corrected chi connectivity index (χ3v) is 4.92. The Labute approximate surface area is 172 Å². The fraction of sp³-hybridized carbons (Fsp3) is 0.273. The summed E-state index contributed by atoms with van der Waals surface area (Å²) in [7, 11) is 0. The largest absolute Gasteiger partial charge is 0.507 e. The number of ether oxygens (including phenoxy) is 1. The summed E-state index contributed by atoms with van der Waals surface area (Å²) in [6.45, 7) is 3.26. The fourth-order valence-corrected chi connectivity index (χ4v) is 3.39. The van der Waals surface area contributed by atoms with Crippen molar-refractivity contribution in [2.24, 2.45) is 5.10 Å². The second kappa shape index (κ2) is 8.36. The highest BCUT2D eigenvalue weighted by atomic mass is 16.5. The lowest BCUT2D eigenvalue weighted by Crippen LogP contribution is -2.22. The number of carbonyl (C=O) groups is 1. The van der Waals surface area contributed by atoms with Crippen LogP contribution in [0.15, 0.2) is 46.3 Å². The number of nitrogens with zero attached hydrogens (tertiary/aromatic N) is 3. The number of nitrogens with one attached hydrogen (secondary N) is 1. The van der Waals surface area contributed by atoms with Crippen LogP contribution in [-0.2, 0) is 13.0 Å². The molecule has 2 heterocycles. The summed E-state index contributed by atoms with van der Waals surface area (Å²) in [5.74, 6) is 0.898. The summed E-state index contributed by atoms with van der Waals surface area (Å²) in [5.41, 5.74) is 3.66. The summed E-state index contributed by atoms with van der Waals surface area (Å²) in [6.07, 6.45) is 3.89. The van der Waals surface area contributed by atoms with Crippen molar-refractivity contribution >= 4 is 23.0 Å². The van der Waals surface area contributed by atoms with Gasteiger partial charge in [0.05, 0.1) is 23.7 Å². The van der Waals surface area contributed by atoms with Crippen molar-refractivity contribution in [3.05, 3.63) is 63.7 Å². The van der Waals surface area contributed by atoms with Crippen molar-refractivity contribution in [1.29, 1.82) is 0 Å². The van der Waals surface area contributed by atoms with Crippen LogP contribution in [-0.4, -0.2) is 33.4 Å². The van der Waals surface area contributed by atoms with E-state index in [2.05, 4.69) is 15.5 Å². The van der Waals surface area contributed by atoms with Crippen LogP contribution in [0.1, 0.15) is 41.5 Å². The van der Waals surface area contributed by atoms with Crippen LogP contribution in [0.25, 0.3) is 10.9 Å². The fourth-order valence-electron chi connectivity index (χ4n) is 3.39. The van der Waals surface area contributed by atoms with Crippen LogP contribution in [0.2, 0.25) is 0 Å². The summed E-state index contributed by atoms with van der Waals surface area (Å²) in [6, 6.07) is 9.68. The van der Waals surface area contributed by atoms with Gasteiger partial charge in [0.15, 0.2) is 0 Å². The standard InChI is InChI=1S/C22H22N4O4/c1-2-10-30-16-7-5-15(19(27)12-16)13-23-25-21(28)14-6-8-17-18(11-14)24-20-4-3-9-26(20)22(17)29/h5-8,11-13,27H,2-4,9-10H2,1H3,(H,25,28)/b23-13+. The molecule has 3 aromatic rings. The molecule has 0 aliphatic carbocycles. The third kappa shape index (κ3) is 3.89. The summed E-state index contributed by atoms with van der Waals surface area (Å²) in [5, 5.41) is 14.5. The average Bonchev–Trinajstić information content (AvgIpc) is 3.22. The molecule has 0 atom stereocenters. The molecule has 2 N–H and O–H groups in total. The van der Waals surface area contributed by atoms with Crippen molar-refractivity contribution in [3.8, 4) is 11.5 Å². The van der Waals surface area contributed by atoms with Crippen LogP contribution in [0, 0.1) is 0 Å². The van der Waals surface area contributed by atoms with Gasteiger partial charge in [0.2, 0.25) is 0 Å². The predicted octanol–water partition coefficient (Wildman–Crippen LogP) is 2.60. The highest BCUT2D eigenvalue weighted by molar-refractivity contribution is 5.98. The number of aromatic hydroxyl groups is 1. The van der Waals surface area contributed by atoms with Gasteiger partial charge in [-0.05, 0) is 43.2 Å². The molecule has 8 heteroatoms. The predicted molar refractivity (Wildman–Crippen MR) is 113 cm³/mol. The van der Waals surface area contributed by atoms with Gasteiger partial charge >= 0.3 is 0 Å². The molecule has 1 aliphatic heterocycles. The lowest BCUT2D eigenvalue weighted by atomic mass is 10.1. The molecule has 1 aromatic heterocycles. The van der Waals surface area contributed by atoms with E-state index in [1.54, 1.807) is 34.9 Å². The maximum absolute atomic E-state index is 12.5. The summed E-state index contributed by atoms with van der Waals surface area (Å²) >= 11 is 0. The number of rotatable bonds is 6. The Morgan fingerprint density at radius 1 is 1.33 bits per heavy atom. The van der Waals surface area contributed by atoms with Crippen molar-refractivity contribution in [2.45, 2.75) is 32.7 Å². The van der Waals surface area contributed by atoms with Gasteiger partial charge < -0.3 is 9.84 Å².